The molecule has 1 aliphatic carbocycles. The molecule has 2 unspecified atom stereocenters. The van der Waals surface area contributed by atoms with Crippen LogP contribution in [0.3, 0.4) is 0 Å². The van der Waals surface area contributed by atoms with Crippen LogP contribution >= 0.6 is 11.3 Å². The Balaban J connectivity index is 1.75. The van der Waals surface area contributed by atoms with E-state index in [9.17, 15) is 4.79 Å². The van der Waals surface area contributed by atoms with Gasteiger partial charge in [0.25, 0.3) is 0 Å². The van der Waals surface area contributed by atoms with Crippen molar-refractivity contribution in [1.29, 1.82) is 0 Å². The fraction of sp³-hybridized carbons (Fsp3) is 0.778. The molecule has 0 aliphatic heterocycles. The first-order valence-corrected chi connectivity index (χ1v) is 9.26. The largest absolute Gasteiger partial charge is 0.356 e. The van der Waals surface area contributed by atoms with Gasteiger partial charge in [-0.1, -0.05) is 20.8 Å². The summed E-state index contributed by atoms with van der Waals surface area (Å²) >= 11 is 1.74. The number of amides is 1. The number of rotatable bonds is 5. The zero-order valence-corrected chi connectivity index (χ0v) is 15.5. The number of aryl methyl sites for hydroxylation is 2. The number of aromatic nitrogens is 1. The number of carbonyl (C=O) groups is 1. The van der Waals surface area contributed by atoms with Crippen LogP contribution in [0.4, 0.5) is 0 Å². The number of nitrogens with zero attached hydrogens (tertiary/aromatic N) is 1. The Morgan fingerprint density at radius 3 is 2.68 bits per heavy atom. The summed E-state index contributed by atoms with van der Waals surface area (Å²) in [6.07, 6.45) is 5.25. The molecular weight excluding hydrogens is 292 g/mol. The first-order chi connectivity index (χ1) is 10.2. The molecule has 2 atom stereocenters. The Bertz CT molecular complexity index is 521. The second kappa shape index (κ2) is 7.12. The monoisotopic (exact) mass is 322 g/mol. The summed E-state index contributed by atoms with van der Waals surface area (Å²) in [6.45, 7) is 11.8. The van der Waals surface area contributed by atoms with Crippen LogP contribution in [0.25, 0.3) is 0 Å². The standard InChI is InChI=1S/C18H30N2OS/c1-12-8-15(11-18(4,5)10-12)9-17(21)19-7-6-16-13(2)20-14(3)22-16/h12,15H,6-11H2,1-5H3,(H,19,21). The van der Waals surface area contributed by atoms with Crippen LogP contribution in [-0.2, 0) is 11.2 Å². The minimum absolute atomic E-state index is 0.216. The number of carbonyl (C=O) groups excluding carboxylic acids is 1. The molecule has 0 aromatic carbocycles. The van der Waals surface area contributed by atoms with Crippen LogP contribution in [-0.4, -0.2) is 17.4 Å². The van der Waals surface area contributed by atoms with E-state index >= 15 is 0 Å². The average molecular weight is 323 g/mol. The van der Waals surface area contributed by atoms with Crippen molar-refractivity contribution >= 4 is 17.2 Å². The Labute approximate surface area is 138 Å². The predicted molar refractivity (Wildman–Crippen MR) is 93.2 cm³/mol. The fourth-order valence-electron chi connectivity index (χ4n) is 4.15. The Hall–Kier alpha value is -0.900. The maximum atomic E-state index is 12.2. The predicted octanol–water partition coefficient (Wildman–Crippen LogP) is 4.27. The maximum Gasteiger partial charge on any atom is 0.220 e. The van der Waals surface area contributed by atoms with Crippen molar-refractivity contribution in [3.8, 4) is 0 Å². The smallest absolute Gasteiger partial charge is 0.220 e. The molecular formula is C18H30N2OS. The first-order valence-electron chi connectivity index (χ1n) is 8.45. The molecule has 2 rings (SSSR count). The molecule has 4 heteroatoms. The van der Waals surface area contributed by atoms with Gasteiger partial charge in [-0.25, -0.2) is 4.98 Å². The van der Waals surface area contributed by atoms with Gasteiger partial charge in [-0.05, 0) is 50.4 Å². The van der Waals surface area contributed by atoms with E-state index in [4.69, 9.17) is 0 Å². The summed E-state index contributed by atoms with van der Waals surface area (Å²) in [5, 5.41) is 4.21. The van der Waals surface area contributed by atoms with Crippen molar-refractivity contribution in [2.45, 2.75) is 66.7 Å². The highest BCUT2D eigenvalue weighted by atomic mass is 32.1. The maximum absolute atomic E-state index is 12.2. The normalized spacial score (nSPS) is 24.2. The number of thiazole rings is 1. The molecule has 1 aromatic rings. The van der Waals surface area contributed by atoms with Crippen LogP contribution in [0.5, 0.6) is 0 Å². The third-order valence-corrected chi connectivity index (χ3v) is 5.76. The van der Waals surface area contributed by atoms with Crippen molar-refractivity contribution in [3.05, 3.63) is 15.6 Å². The SMILES string of the molecule is Cc1nc(C)c(CCNC(=O)CC2CC(C)CC(C)(C)C2)s1. The van der Waals surface area contributed by atoms with Gasteiger partial charge in [0.05, 0.1) is 10.7 Å². The second-order valence-corrected chi connectivity index (χ2v) is 9.11. The summed E-state index contributed by atoms with van der Waals surface area (Å²) in [7, 11) is 0. The van der Waals surface area contributed by atoms with E-state index in [1.54, 1.807) is 11.3 Å². The first kappa shape index (κ1) is 17.5. The number of hydrogen-bond acceptors (Lipinski definition) is 3. The van der Waals surface area contributed by atoms with Gasteiger partial charge >= 0.3 is 0 Å². The van der Waals surface area contributed by atoms with E-state index in [2.05, 4.69) is 31.1 Å². The molecule has 124 valence electrons. The number of nitrogens with one attached hydrogen (secondary N) is 1. The molecule has 1 fully saturated rings. The zero-order chi connectivity index (χ0) is 16.3. The third-order valence-electron chi connectivity index (χ3n) is 4.63. The minimum atomic E-state index is 0.216. The quantitative estimate of drug-likeness (QED) is 0.879. The Morgan fingerprint density at radius 1 is 1.36 bits per heavy atom. The van der Waals surface area contributed by atoms with Gasteiger partial charge in [0, 0.05) is 24.3 Å². The molecule has 0 radical (unpaired) electrons. The molecule has 1 heterocycles. The van der Waals surface area contributed by atoms with Gasteiger partial charge in [-0.3, -0.25) is 4.79 Å². The van der Waals surface area contributed by atoms with Gasteiger partial charge in [0.1, 0.15) is 0 Å². The van der Waals surface area contributed by atoms with Crippen LogP contribution in [0.1, 0.15) is 62.0 Å². The highest BCUT2D eigenvalue weighted by molar-refractivity contribution is 7.11. The highest BCUT2D eigenvalue weighted by Crippen LogP contribution is 2.42. The van der Waals surface area contributed by atoms with Crippen LogP contribution in [0.2, 0.25) is 0 Å². The van der Waals surface area contributed by atoms with E-state index in [1.807, 2.05) is 13.8 Å². The summed E-state index contributed by atoms with van der Waals surface area (Å²) in [6, 6.07) is 0. The van der Waals surface area contributed by atoms with Crippen molar-refractivity contribution in [2.24, 2.45) is 17.3 Å². The van der Waals surface area contributed by atoms with Gasteiger partial charge in [-0.2, -0.15) is 0 Å². The molecule has 0 saturated heterocycles. The minimum Gasteiger partial charge on any atom is -0.356 e. The summed E-state index contributed by atoms with van der Waals surface area (Å²) in [5.41, 5.74) is 1.50. The lowest BCUT2D eigenvalue weighted by atomic mass is 9.67. The van der Waals surface area contributed by atoms with Gasteiger partial charge in [-0.15, -0.1) is 11.3 Å². The van der Waals surface area contributed by atoms with Crippen molar-refractivity contribution in [1.82, 2.24) is 10.3 Å². The molecule has 1 saturated carbocycles. The van der Waals surface area contributed by atoms with Crippen molar-refractivity contribution < 1.29 is 4.79 Å². The second-order valence-electron chi connectivity index (χ2n) is 7.82. The van der Waals surface area contributed by atoms with E-state index < -0.39 is 0 Å². The molecule has 0 spiro atoms. The topological polar surface area (TPSA) is 42.0 Å². The van der Waals surface area contributed by atoms with Crippen LogP contribution in [0, 0.1) is 31.1 Å². The molecule has 3 nitrogen and oxygen atoms in total. The third kappa shape index (κ3) is 5.08. The molecule has 1 aliphatic rings. The lowest BCUT2D eigenvalue weighted by Gasteiger charge is -2.38. The van der Waals surface area contributed by atoms with E-state index in [-0.39, 0.29) is 5.91 Å². The van der Waals surface area contributed by atoms with E-state index in [0.717, 1.165) is 29.6 Å². The van der Waals surface area contributed by atoms with Crippen LogP contribution in [0.15, 0.2) is 0 Å². The van der Waals surface area contributed by atoms with E-state index in [1.165, 1.54) is 24.1 Å². The van der Waals surface area contributed by atoms with Crippen molar-refractivity contribution in [3.63, 3.8) is 0 Å². The Morgan fingerprint density at radius 2 is 2.09 bits per heavy atom. The van der Waals surface area contributed by atoms with Crippen molar-refractivity contribution in [2.75, 3.05) is 6.54 Å². The molecule has 1 N–H and O–H groups in total. The fourth-order valence-corrected chi connectivity index (χ4v) is 5.09. The molecule has 0 bridgehead atoms. The lowest BCUT2D eigenvalue weighted by molar-refractivity contribution is -0.122. The Kier molecular flexibility index (Phi) is 5.65. The molecule has 22 heavy (non-hydrogen) atoms. The molecule has 1 aromatic heterocycles. The number of hydrogen-bond donors (Lipinski definition) is 1. The highest BCUT2D eigenvalue weighted by Gasteiger charge is 2.32. The van der Waals surface area contributed by atoms with E-state index in [0.29, 0.717) is 17.8 Å². The summed E-state index contributed by atoms with van der Waals surface area (Å²) < 4.78 is 0. The zero-order valence-electron chi connectivity index (χ0n) is 14.7. The van der Waals surface area contributed by atoms with Gasteiger partial charge < -0.3 is 5.32 Å². The van der Waals surface area contributed by atoms with Crippen LogP contribution < -0.4 is 5.32 Å². The summed E-state index contributed by atoms with van der Waals surface area (Å²) in [4.78, 5) is 17.9. The molecule has 1 amide bonds. The lowest BCUT2D eigenvalue weighted by Crippen LogP contribution is -2.33. The van der Waals surface area contributed by atoms with Gasteiger partial charge in [0.2, 0.25) is 5.91 Å². The summed E-state index contributed by atoms with van der Waals surface area (Å²) in [5.74, 6) is 1.50. The average Bonchev–Trinajstić information content (AvgIpc) is 2.65. The van der Waals surface area contributed by atoms with Gasteiger partial charge in [0.15, 0.2) is 0 Å².